The lowest BCUT2D eigenvalue weighted by atomic mass is 10.2. The van der Waals surface area contributed by atoms with E-state index in [-0.39, 0.29) is 4.90 Å². The van der Waals surface area contributed by atoms with E-state index < -0.39 is 9.84 Å². The van der Waals surface area contributed by atoms with Crippen LogP contribution >= 0.6 is 0 Å². The number of anilines is 1. The normalized spacial score (nSPS) is 17.3. The molecule has 1 aliphatic rings. The topological polar surface area (TPSA) is 78.0 Å². The number of para-hydroxylation sites is 1. The molecule has 1 heterocycles. The fourth-order valence-electron chi connectivity index (χ4n) is 2.95. The van der Waals surface area contributed by atoms with Gasteiger partial charge in [-0.25, -0.2) is 13.4 Å². The number of hydrogen-bond donors (Lipinski definition) is 1. The van der Waals surface area contributed by atoms with Gasteiger partial charge in [0.05, 0.1) is 10.4 Å². The highest BCUT2D eigenvalue weighted by molar-refractivity contribution is 7.91. The van der Waals surface area contributed by atoms with E-state index in [9.17, 15) is 8.42 Å². The third-order valence-electron chi connectivity index (χ3n) is 3.80. The van der Waals surface area contributed by atoms with Crippen LogP contribution in [0.25, 0.3) is 11.0 Å². The number of imidazole rings is 1. The van der Waals surface area contributed by atoms with Gasteiger partial charge in [-0.05, 0) is 25.0 Å². The first kappa shape index (κ1) is 12.5. The van der Waals surface area contributed by atoms with E-state index in [0.29, 0.717) is 17.5 Å². The molecular formula is C13H17N3O2S. The molecular weight excluding hydrogens is 262 g/mol. The van der Waals surface area contributed by atoms with Crippen molar-refractivity contribution in [1.82, 2.24) is 9.55 Å². The second-order valence-corrected chi connectivity index (χ2v) is 7.16. The maximum Gasteiger partial charge on any atom is 0.201 e. The van der Waals surface area contributed by atoms with Crippen LogP contribution in [-0.4, -0.2) is 24.2 Å². The lowest BCUT2D eigenvalue weighted by Crippen LogP contribution is -2.08. The van der Waals surface area contributed by atoms with Gasteiger partial charge < -0.3 is 10.3 Å². The molecule has 0 bridgehead atoms. The number of sulfone groups is 1. The molecule has 1 aliphatic carbocycles. The van der Waals surface area contributed by atoms with Gasteiger partial charge in [0.25, 0.3) is 0 Å². The fourth-order valence-corrected chi connectivity index (χ4v) is 3.78. The molecule has 19 heavy (non-hydrogen) atoms. The highest BCUT2D eigenvalue weighted by Gasteiger charge is 2.24. The van der Waals surface area contributed by atoms with Gasteiger partial charge in [0, 0.05) is 12.3 Å². The van der Waals surface area contributed by atoms with Crippen LogP contribution in [0.2, 0.25) is 0 Å². The molecule has 1 saturated carbocycles. The van der Waals surface area contributed by atoms with E-state index in [4.69, 9.17) is 5.73 Å². The second kappa shape index (κ2) is 4.23. The molecule has 3 rings (SSSR count). The molecule has 102 valence electrons. The molecule has 0 atom stereocenters. The summed E-state index contributed by atoms with van der Waals surface area (Å²) in [5.41, 5.74) is 7.32. The third-order valence-corrected chi connectivity index (χ3v) is 4.93. The van der Waals surface area contributed by atoms with Crippen LogP contribution in [0, 0.1) is 0 Å². The quantitative estimate of drug-likeness (QED) is 0.913. The predicted octanol–water partition coefficient (Wildman–Crippen LogP) is 2.14. The summed E-state index contributed by atoms with van der Waals surface area (Å²) in [6.07, 6.45) is 5.75. The number of fused-ring (bicyclic) bond motifs is 1. The highest BCUT2D eigenvalue weighted by atomic mass is 32.2. The SMILES string of the molecule is CS(=O)(=O)c1cccc2c1nc(N)n2C1CCCC1. The van der Waals surface area contributed by atoms with Crippen molar-refractivity contribution < 1.29 is 8.42 Å². The average molecular weight is 279 g/mol. The summed E-state index contributed by atoms with van der Waals surface area (Å²) in [4.78, 5) is 4.54. The molecule has 6 heteroatoms. The zero-order valence-electron chi connectivity index (χ0n) is 10.8. The molecule has 0 radical (unpaired) electrons. The van der Waals surface area contributed by atoms with Crippen molar-refractivity contribution in [3.8, 4) is 0 Å². The Hall–Kier alpha value is -1.56. The maximum atomic E-state index is 11.8. The Morgan fingerprint density at radius 2 is 2.00 bits per heavy atom. The minimum Gasteiger partial charge on any atom is -0.369 e. The maximum absolute atomic E-state index is 11.8. The zero-order valence-corrected chi connectivity index (χ0v) is 11.7. The highest BCUT2D eigenvalue weighted by Crippen LogP contribution is 2.35. The summed E-state index contributed by atoms with van der Waals surface area (Å²) in [7, 11) is -3.29. The average Bonchev–Trinajstić information content (AvgIpc) is 2.92. The Morgan fingerprint density at radius 3 is 2.63 bits per heavy atom. The van der Waals surface area contributed by atoms with E-state index in [1.165, 1.54) is 19.1 Å². The number of rotatable bonds is 2. The molecule has 1 aromatic heterocycles. The van der Waals surface area contributed by atoms with Crippen molar-refractivity contribution in [3.05, 3.63) is 18.2 Å². The molecule has 1 aromatic carbocycles. The zero-order chi connectivity index (χ0) is 13.6. The van der Waals surface area contributed by atoms with Crippen LogP contribution in [-0.2, 0) is 9.84 Å². The summed E-state index contributed by atoms with van der Waals surface area (Å²) < 4.78 is 25.6. The van der Waals surface area contributed by atoms with Crippen LogP contribution in [0.5, 0.6) is 0 Å². The fraction of sp³-hybridized carbons (Fsp3) is 0.462. The molecule has 2 aromatic rings. The van der Waals surface area contributed by atoms with Gasteiger partial charge in [-0.15, -0.1) is 0 Å². The summed E-state index contributed by atoms with van der Waals surface area (Å²) in [6.45, 7) is 0. The Balaban J connectivity index is 2.28. The number of hydrogen-bond acceptors (Lipinski definition) is 4. The second-order valence-electron chi connectivity index (χ2n) is 5.17. The Labute approximate surface area is 112 Å². The largest absolute Gasteiger partial charge is 0.369 e. The summed E-state index contributed by atoms with van der Waals surface area (Å²) >= 11 is 0. The molecule has 0 aliphatic heterocycles. The van der Waals surface area contributed by atoms with E-state index >= 15 is 0 Å². The van der Waals surface area contributed by atoms with Crippen LogP contribution in [0.3, 0.4) is 0 Å². The van der Waals surface area contributed by atoms with Crippen LogP contribution in [0.1, 0.15) is 31.7 Å². The van der Waals surface area contributed by atoms with E-state index in [0.717, 1.165) is 18.4 Å². The minimum atomic E-state index is -3.29. The van der Waals surface area contributed by atoms with Crippen molar-refractivity contribution in [1.29, 1.82) is 0 Å². The van der Waals surface area contributed by atoms with Gasteiger partial charge in [-0.1, -0.05) is 18.9 Å². The molecule has 0 spiro atoms. The summed E-state index contributed by atoms with van der Waals surface area (Å²) in [5, 5.41) is 0. The van der Waals surface area contributed by atoms with Gasteiger partial charge in [0.2, 0.25) is 5.95 Å². The smallest absolute Gasteiger partial charge is 0.201 e. The van der Waals surface area contributed by atoms with E-state index in [1.54, 1.807) is 12.1 Å². The monoisotopic (exact) mass is 279 g/mol. The third kappa shape index (κ3) is 2.00. The molecule has 0 saturated heterocycles. The van der Waals surface area contributed by atoms with Crippen molar-refractivity contribution in [3.63, 3.8) is 0 Å². The minimum absolute atomic E-state index is 0.258. The first-order valence-corrected chi connectivity index (χ1v) is 8.34. The van der Waals surface area contributed by atoms with Gasteiger partial charge in [-0.2, -0.15) is 0 Å². The van der Waals surface area contributed by atoms with Crippen LogP contribution in [0.4, 0.5) is 5.95 Å². The van der Waals surface area contributed by atoms with Gasteiger partial charge in [0.15, 0.2) is 9.84 Å². The van der Waals surface area contributed by atoms with Crippen molar-refractivity contribution >= 4 is 26.8 Å². The molecule has 1 fully saturated rings. The van der Waals surface area contributed by atoms with Crippen LogP contribution in [0.15, 0.2) is 23.1 Å². The summed E-state index contributed by atoms with van der Waals surface area (Å²) in [6, 6.07) is 5.58. The summed E-state index contributed by atoms with van der Waals surface area (Å²) in [5.74, 6) is 0.415. The number of nitrogens with two attached hydrogens (primary N) is 1. The van der Waals surface area contributed by atoms with E-state index in [2.05, 4.69) is 4.98 Å². The first-order valence-electron chi connectivity index (χ1n) is 6.45. The van der Waals surface area contributed by atoms with Crippen molar-refractivity contribution in [2.75, 3.05) is 12.0 Å². The molecule has 5 nitrogen and oxygen atoms in total. The van der Waals surface area contributed by atoms with Crippen LogP contribution < -0.4 is 5.73 Å². The van der Waals surface area contributed by atoms with Crippen molar-refractivity contribution in [2.24, 2.45) is 0 Å². The lowest BCUT2D eigenvalue weighted by molar-refractivity contribution is 0.539. The Kier molecular flexibility index (Phi) is 2.78. The molecule has 0 unspecified atom stereocenters. The number of nitrogen functional groups attached to an aromatic ring is 1. The van der Waals surface area contributed by atoms with E-state index in [1.807, 2.05) is 10.6 Å². The molecule has 0 amide bonds. The number of nitrogens with zero attached hydrogens (tertiary/aromatic N) is 2. The first-order chi connectivity index (χ1) is 8.98. The van der Waals surface area contributed by atoms with Gasteiger partial charge in [0.1, 0.15) is 5.52 Å². The Bertz CT molecular complexity index is 728. The van der Waals surface area contributed by atoms with Crippen molar-refractivity contribution in [2.45, 2.75) is 36.6 Å². The predicted molar refractivity (Wildman–Crippen MR) is 74.8 cm³/mol. The standard InChI is InChI=1S/C13H17N3O2S/c1-19(17,18)11-8-4-7-10-12(11)15-13(14)16(10)9-5-2-3-6-9/h4,7-9H,2-3,5-6H2,1H3,(H2,14,15). The molecule has 2 N–H and O–H groups in total. The number of benzene rings is 1. The Morgan fingerprint density at radius 1 is 1.32 bits per heavy atom. The lowest BCUT2D eigenvalue weighted by Gasteiger charge is -2.14. The van der Waals surface area contributed by atoms with Gasteiger partial charge in [-0.3, -0.25) is 0 Å². The number of aromatic nitrogens is 2. The van der Waals surface area contributed by atoms with Gasteiger partial charge >= 0.3 is 0 Å².